The zero-order valence-corrected chi connectivity index (χ0v) is 13.2. The number of anilines is 1. The van der Waals surface area contributed by atoms with Gasteiger partial charge >= 0.3 is 6.03 Å². The molecule has 1 unspecified atom stereocenters. The van der Waals surface area contributed by atoms with Crippen LogP contribution in [-0.2, 0) is 0 Å². The van der Waals surface area contributed by atoms with Gasteiger partial charge in [0, 0.05) is 18.2 Å². The molecule has 2 N–H and O–H groups in total. The van der Waals surface area contributed by atoms with E-state index >= 15 is 0 Å². The van der Waals surface area contributed by atoms with Crippen LogP contribution in [0.3, 0.4) is 0 Å². The molecule has 0 heterocycles. The lowest BCUT2D eigenvalue weighted by atomic mass is 10.1. The molecule has 0 bridgehead atoms. The zero-order chi connectivity index (χ0) is 15.3. The van der Waals surface area contributed by atoms with Crippen molar-refractivity contribution >= 4 is 23.3 Å². The van der Waals surface area contributed by atoms with Crippen LogP contribution in [0.1, 0.15) is 20.8 Å². The molecule has 0 spiro atoms. The Labute approximate surface area is 124 Å². The van der Waals surface area contributed by atoms with Gasteiger partial charge in [0.2, 0.25) is 0 Å². The first kappa shape index (κ1) is 16.4. The van der Waals surface area contributed by atoms with Crippen LogP contribution in [0.2, 0.25) is 5.02 Å². The topological polar surface area (TPSA) is 59.6 Å². The highest BCUT2D eigenvalue weighted by molar-refractivity contribution is 6.32. The molecule has 0 aliphatic rings. The van der Waals surface area contributed by atoms with E-state index in [4.69, 9.17) is 21.1 Å². The smallest absolute Gasteiger partial charge is 0.319 e. The summed E-state index contributed by atoms with van der Waals surface area (Å²) >= 11 is 6.01. The van der Waals surface area contributed by atoms with Gasteiger partial charge in [-0.1, -0.05) is 25.4 Å². The molecule has 6 heteroatoms. The molecule has 1 aromatic carbocycles. The van der Waals surface area contributed by atoms with Crippen LogP contribution in [0.4, 0.5) is 10.5 Å². The summed E-state index contributed by atoms with van der Waals surface area (Å²) in [5.74, 6) is 1.30. The lowest BCUT2D eigenvalue weighted by molar-refractivity contribution is 0.246. The van der Waals surface area contributed by atoms with Crippen LogP contribution in [0.25, 0.3) is 0 Å². The van der Waals surface area contributed by atoms with Crippen LogP contribution in [0.5, 0.6) is 11.5 Å². The summed E-state index contributed by atoms with van der Waals surface area (Å²) in [7, 11) is 3.02. The number of carbonyl (C=O) groups excluding carboxylic acids is 1. The van der Waals surface area contributed by atoms with Gasteiger partial charge in [-0.25, -0.2) is 4.79 Å². The second-order valence-electron chi connectivity index (χ2n) is 4.82. The standard InChI is InChI=1S/C14H21ClN2O3/c1-8(2)9(3)16-14(18)17-11-7-12(19-4)10(15)6-13(11)20-5/h6-9H,1-5H3,(H2,16,17,18). The largest absolute Gasteiger partial charge is 0.495 e. The molecule has 0 aliphatic carbocycles. The predicted molar refractivity (Wildman–Crippen MR) is 81.0 cm³/mol. The number of halogens is 1. The van der Waals surface area contributed by atoms with Gasteiger partial charge in [-0.3, -0.25) is 0 Å². The highest BCUT2D eigenvalue weighted by Gasteiger charge is 2.15. The van der Waals surface area contributed by atoms with Gasteiger partial charge in [-0.15, -0.1) is 0 Å². The number of rotatable bonds is 5. The Bertz CT molecular complexity index is 478. The molecule has 0 saturated heterocycles. The second kappa shape index (κ2) is 7.24. The lowest BCUT2D eigenvalue weighted by Crippen LogP contribution is -2.39. The van der Waals surface area contributed by atoms with Crippen molar-refractivity contribution in [2.24, 2.45) is 5.92 Å². The van der Waals surface area contributed by atoms with Gasteiger partial charge in [0.05, 0.1) is 24.9 Å². The Morgan fingerprint density at radius 3 is 2.25 bits per heavy atom. The fraction of sp³-hybridized carbons (Fsp3) is 0.500. The number of benzene rings is 1. The second-order valence-corrected chi connectivity index (χ2v) is 5.23. The van der Waals surface area contributed by atoms with E-state index < -0.39 is 0 Å². The van der Waals surface area contributed by atoms with E-state index in [0.717, 1.165) is 0 Å². The van der Waals surface area contributed by atoms with Crippen LogP contribution in [0.15, 0.2) is 12.1 Å². The first-order chi connectivity index (χ1) is 9.38. The first-order valence-electron chi connectivity index (χ1n) is 6.38. The maximum Gasteiger partial charge on any atom is 0.319 e. The third kappa shape index (κ3) is 4.20. The Hall–Kier alpha value is -1.62. The Morgan fingerprint density at radius 1 is 1.15 bits per heavy atom. The van der Waals surface area contributed by atoms with Gasteiger partial charge in [-0.05, 0) is 12.8 Å². The van der Waals surface area contributed by atoms with Crippen molar-refractivity contribution in [2.45, 2.75) is 26.8 Å². The monoisotopic (exact) mass is 300 g/mol. The quantitative estimate of drug-likeness (QED) is 0.874. The average Bonchev–Trinajstić information content (AvgIpc) is 2.39. The number of nitrogens with one attached hydrogen (secondary N) is 2. The molecular weight excluding hydrogens is 280 g/mol. The summed E-state index contributed by atoms with van der Waals surface area (Å²) in [6.07, 6.45) is 0. The molecule has 1 rings (SSSR count). The number of hydrogen-bond donors (Lipinski definition) is 2. The Kier molecular flexibility index (Phi) is 5.95. The third-order valence-electron chi connectivity index (χ3n) is 3.08. The molecule has 20 heavy (non-hydrogen) atoms. The summed E-state index contributed by atoms with van der Waals surface area (Å²) < 4.78 is 10.3. The van der Waals surface area contributed by atoms with Gasteiger partial charge in [0.1, 0.15) is 11.5 Å². The van der Waals surface area contributed by atoms with Crippen molar-refractivity contribution in [2.75, 3.05) is 19.5 Å². The van der Waals surface area contributed by atoms with E-state index in [-0.39, 0.29) is 12.1 Å². The van der Waals surface area contributed by atoms with E-state index in [9.17, 15) is 4.79 Å². The van der Waals surface area contributed by atoms with Crippen molar-refractivity contribution in [1.82, 2.24) is 5.32 Å². The maximum atomic E-state index is 11.9. The minimum atomic E-state index is -0.297. The molecular formula is C14H21ClN2O3. The molecule has 112 valence electrons. The van der Waals surface area contributed by atoms with Gasteiger partial charge in [0.15, 0.2) is 0 Å². The highest BCUT2D eigenvalue weighted by atomic mass is 35.5. The molecule has 1 aromatic rings. The van der Waals surface area contributed by atoms with Crippen molar-refractivity contribution in [1.29, 1.82) is 0 Å². The molecule has 5 nitrogen and oxygen atoms in total. The zero-order valence-electron chi connectivity index (χ0n) is 12.4. The number of amides is 2. The lowest BCUT2D eigenvalue weighted by Gasteiger charge is -2.19. The Morgan fingerprint density at radius 2 is 1.75 bits per heavy atom. The fourth-order valence-electron chi connectivity index (χ4n) is 1.49. The molecule has 0 saturated carbocycles. The summed E-state index contributed by atoms with van der Waals surface area (Å²) in [5, 5.41) is 6.01. The van der Waals surface area contributed by atoms with E-state index in [1.54, 1.807) is 12.1 Å². The SMILES string of the molecule is COc1cc(NC(=O)NC(C)C(C)C)c(OC)cc1Cl. The van der Waals surface area contributed by atoms with E-state index in [0.29, 0.717) is 28.1 Å². The van der Waals surface area contributed by atoms with E-state index in [1.165, 1.54) is 14.2 Å². The summed E-state index contributed by atoms with van der Waals surface area (Å²) in [6.45, 7) is 6.03. The Balaban J connectivity index is 2.88. The molecule has 0 fully saturated rings. The average molecular weight is 301 g/mol. The minimum Gasteiger partial charge on any atom is -0.495 e. The molecule has 2 amide bonds. The van der Waals surface area contributed by atoms with Crippen LogP contribution in [-0.4, -0.2) is 26.3 Å². The van der Waals surface area contributed by atoms with Crippen molar-refractivity contribution in [3.05, 3.63) is 17.2 Å². The fourth-order valence-corrected chi connectivity index (χ4v) is 1.72. The van der Waals surface area contributed by atoms with Gasteiger partial charge in [-0.2, -0.15) is 0 Å². The third-order valence-corrected chi connectivity index (χ3v) is 3.38. The molecule has 0 aromatic heterocycles. The number of methoxy groups -OCH3 is 2. The van der Waals surface area contributed by atoms with Gasteiger partial charge < -0.3 is 20.1 Å². The van der Waals surface area contributed by atoms with Crippen LogP contribution in [0, 0.1) is 5.92 Å². The van der Waals surface area contributed by atoms with Crippen molar-refractivity contribution < 1.29 is 14.3 Å². The minimum absolute atomic E-state index is 0.0650. The predicted octanol–water partition coefficient (Wildman–Crippen LogP) is 3.52. The van der Waals surface area contributed by atoms with Gasteiger partial charge in [0.25, 0.3) is 0 Å². The summed E-state index contributed by atoms with van der Waals surface area (Å²) in [5.41, 5.74) is 0.502. The number of carbonyl (C=O) groups is 1. The summed E-state index contributed by atoms with van der Waals surface area (Å²) in [6, 6.07) is 2.99. The van der Waals surface area contributed by atoms with E-state index in [2.05, 4.69) is 10.6 Å². The van der Waals surface area contributed by atoms with Crippen LogP contribution >= 0.6 is 11.6 Å². The van der Waals surface area contributed by atoms with Crippen molar-refractivity contribution in [3.8, 4) is 11.5 Å². The molecule has 0 radical (unpaired) electrons. The number of ether oxygens (including phenoxy) is 2. The molecule has 1 atom stereocenters. The normalized spacial score (nSPS) is 11.9. The van der Waals surface area contributed by atoms with E-state index in [1.807, 2.05) is 20.8 Å². The molecule has 0 aliphatic heterocycles. The first-order valence-corrected chi connectivity index (χ1v) is 6.75. The highest BCUT2D eigenvalue weighted by Crippen LogP contribution is 2.35. The summed E-state index contributed by atoms with van der Waals surface area (Å²) in [4.78, 5) is 11.9. The van der Waals surface area contributed by atoms with Crippen LogP contribution < -0.4 is 20.1 Å². The number of hydrogen-bond acceptors (Lipinski definition) is 3. The number of urea groups is 1. The van der Waals surface area contributed by atoms with Crippen molar-refractivity contribution in [3.63, 3.8) is 0 Å². The maximum absolute atomic E-state index is 11.9.